The summed E-state index contributed by atoms with van der Waals surface area (Å²) in [6.45, 7) is 2.96. The van der Waals surface area contributed by atoms with Crippen LogP contribution in [-0.2, 0) is 23.8 Å². The van der Waals surface area contributed by atoms with Crippen LogP contribution >= 0.6 is 11.8 Å². The first-order valence-corrected chi connectivity index (χ1v) is 11.9. The predicted octanol–water partition coefficient (Wildman–Crippen LogP) is 2.62. The molecule has 0 bridgehead atoms. The molecule has 0 aromatic heterocycles. The Labute approximate surface area is 209 Å². The molecule has 0 fully saturated rings. The van der Waals surface area contributed by atoms with Gasteiger partial charge >= 0.3 is 5.97 Å². The maximum absolute atomic E-state index is 13.3. The third-order valence-corrected chi connectivity index (χ3v) is 6.33. The zero-order chi connectivity index (χ0) is 25.4. The van der Waals surface area contributed by atoms with E-state index in [-0.39, 0.29) is 25.5 Å². The predicted molar refractivity (Wildman–Crippen MR) is 132 cm³/mol. The molecule has 0 saturated heterocycles. The Morgan fingerprint density at radius 1 is 1.09 bits per heavy atom. The highest BCUT2D eigenvalue weighted by Gasteiger charge is 2.42. The summed E-state index contributed by atoms with van der Waals surface area (Å²) >= 11 is 1.40. The Bertz CT molecular complexity index is 1040. The number of hydrogen-bond donors (Lipinski definition) is 1. The summed E-state index contributed by atoms with van der Waals surface area (Å²) in [7, 11) is 6.21. The molecule has 0 spiro atoms. The van der Waals surface area contributed by atoms with Crippen LogP contribution in [0.3, 0.4) is 0 Å². The molecular formula is C24H31N3O7S. The molecule has 10 nitrogen and oxygen atoms in total. The van der Waals surface area contributed by atoms with Crippen molar-refractivity contribution < 1.29 is 33.3 Å². The second-order valence-corrected chi connectivity index (χ2v) is 8.46. The molecule has 1 amide bonds. The number of esters is 1. The van der Waals surface area contributed by atoms with Crippen LogP contribution in [0.2, 0.25) is 0 Å². The summed E-state index contributed by atoms with van der Waals surface area (Å²) in [6, 6.07) is 4.83. The first kappa shape index (κ1) is 26.6. The zero-order valence-corrected chi connectivity index (χ0v) is 21.4. The van der Waals surface area contributed by atoms with Crippen molar-refractivity contribution in [3.63, 3.8) is 0 Å². The Morgan fingerprint density at radius 3 is 2.54 bits per heavy atom. The van der Waals surface area contributed by atoms with Gasteiger partial charge in [0.15, 0.2) is 16.7 Å². The lowest BCUT2D eigenvalue weighted by Crippen LogP contribution is -2.38. The highest BCUT2D eigenvalue weighted by atomic mass is 32.2. The van der Waals surface area contributed by atoms with Crippen molar-refractivity contribution in [1.29, 1.82) is 0 Å². The average Bonchev–Trinajstić information content (AvgIpc) is 3.24. The van der Waals surface area contributed by atoms with Gasteiger partial charge in [-0.05, 0) is 18.4 Å². The van der Waals surface area contributed by atoms with E-state index < -0.39 is 12.0 Å². The van der Waals surface area contributed by atoms with E-state index in [0.717, 1.165) is 0 Å². The number of thioether (sulfide) groups is 1. The van der Waals surface area contributed by atoms with Crippen LogP contribution in [0.25, 0.3) is 0 Å². The molecule has 2 aliphatic rings. The monoisotopic (exact) mass is 505 g/mol. The van der Waals surface area contributed by atoms with Crippen molar-refractivity contribution in [2.45, 2.75) is 19.4 Å². The highest BCUT2D eigenvalue weighted by Crippen LogP contribution is 2.48. The van der Waals surface area contributed by atoms with E-state index in [0.29, 0.717) is 52.3 Å². The first-order valence-electron chi connectivity index (χ1n) is 11.0. The maximum atomic E-state index is 13.3. The van der Waals surface area contributed by atoms with Crippen molar-refractivity contribution in [2.75, 3.05) is 54.8 Å². The number of rotatable bonds is 12. The molecule has 1 aromatic carbocycles. The van der Waals surface area contributed by atoms with Crippen LogP contribution in [0.15, 0.2) is 45.6 Å². The molecule has 0 unspecified atom stereocenters. The van der Waals surface area contributed by atoms with Crippen LogP contribution in [0.5, 0.6) is 11.5 Å². The fraction of sp³-hybridized carbons (Fsp3) is 0.458. The molecule has 11 heteroatoms. The lowest BCUT2D eigenvalue weighted by atomic mass is 9.92. The van der Waals surface area contributed by atoms with Crippen LogP contribution in [0.1, 0.15) is 24.9 Å². The molecule has 0 saturated carbocycles. The summed E-state index contributed by atoms with van der Waals surface area (Å²) < 4.78 is 26.7. The van der Waals surface area contributed by atoms with Gasteiger partial charge in [-0.25, -0.2) is 9.79 Å². The second-order valence-electron chi connectivity index (χ2n) is 7.62. The Morgan fingerprint density at radius 2 is 1.86 bits per heavy atom. The van der Waals surface area contributed by atoms with Gasteiger partial charge in [0.05, 0.1) is 51.2 Å². The third-order valence-electron chi connectivity index (χ3n) is 5.44. The van der Waals surface area contributed by atoms with Gasteiger partial charge in [-0.3, -0.25) is 4.79 Å². The lowest BCUT2D eigenvalue weighted by Gasteiger charge is -2.37. The number of aliphatic imine (C=N–C) groups is 1. The number of fused-ring (bicyclic) bond motifs is 1. The largest absolute Gasteiger partial charge is 0.493 e. The third kappa shape index (κ3) is 5.98. The molecule has 0 aliphatic carbocycles. The molecule has 2 heterocycles. The SMILES string of the molecule is COCCNC(=O)CC1=CSC2=NC(C)=C(C(=O)OCCOC)[C@H](c3cccc(OC)c3OC)N12. The number of nitrogens with one attached hydrogen (secondary N) is 1. The molecule has 35 heavy (non-hydrogen) atoms. The molecule has 0 radical (unpaired) electrons. The van der Waals surface area contributed by atoms with Crippen molar-refractivity contribution in [1.82, 2.24) is 10.2 Å². The van der Waals surface area contributed by atoms with E-state index >= 15 is 0 Å². The Kier molecular flexibility index (Phi) is 9.58. The zero-order valence-electron chi connectivity index (χ0n) is 20.6. The number of methoxy groups -OCH3 is 4. The van der Waals surface area contributed by atoms with Crippen molar-refractivity contribution >= 4 is 28.8 Å². The van der Waals surface area contributed by atoms with E-state index in [1.54, 1.807) is 34.3 Å². The molecule has 190 valence electrons. The van der Waals surface area contributed by atoms with Gasteiger partial charge in [0.1, 0.15) is 6.61 Å². The fourth-order valence-corrected chi connectivity index (χ4v) is 4.83. The molecule has 1 N–H and O–H groups in total. The minimum absolute atomic E-state index is 0.101. The van der Waals surface area contributed by atoms with Gasteiger partial charge in [0.25, 0.3) is 0 Å². The van der Waals surface area contributed by atoms with E-state index in [1.165, 1.54) is 18.9 Å². The van der Waals surface area contributed by atoms with Crippen LogP contribution in [0, 0.1) is 0 Å². The fourth-order valence-electron chi connectivity index (χ4n) is 3.87. The van der Waals surface area contributed by atoms with Gasteiger partial charge in [-0.2, -0.15) is 0 Å². The quantitative estimate of drug-likeness (QED) is 0.339. The summed E-state index contributed by atoms with van der Waals surface area (Å²) in [5, 5.41) is 5.37. The number of amidine groups is 1. The van der Waals surface area contributed by atoms with E-state index in [9.17, 15) is 9.59 Å². The molecule has 2 aliphatic heterocycles. The summed E-state index contributed by atoms with van der Waals surface area (Å²) in [4.78, 5) is 32.5. The summed E-state index contributed by atoms with van der Waals surface area (Å²) in [5.41, 5.74) is 2.27. The van der Waals surface area contributed by atoms with Gasteiger partial charge < -0.3 is 33.9 Å². The topological polar surface area (TPSA) is 108 Å². The maximum Gasteiger partial charge on any atom is 0.338 e. The summed E-state index contributed by atoms with van der Waals surface area (Å²) in [6.07, 6.45) is 0.101. The standard InChI is InChI=1S/C24H31N3O7S/c1-15-20(23(29)34-12-11-31-3)21(17-7-6-8-18(32-4)22(17)33-5)27-16(14-35-24(27)26-15)13-19(28)25-9-10-30-2/h6-8,14,21H,9-13H2,1-5H3,(H,25,28)/t21-/m0/s1. The van der Waals surface area contributed by atoms with E-state index in [2.05, 4.69) is 10.3 Å². The number of allylic oxidation sites excluding steroid dienone is 1. The highest BCUT2D eigenvalue weighted by molar-refractivity contribution is 8.16. The Balaban J connectivity index is 2.04. The first-order chi connectivity index (χ1) is 17.0. The number of benzene rings is 1. The van der Waals surface area contributed by atoms with Gasteiger partial charge in [0, 0.05) is 32.0 Å². The normalized spacial score (nSPS) is 16.9. The van der Waals surface area contributed by atoms with Gasteiger partial charge in [0.2, 0.25) is 5.91 Å². The molecular weight excluding hydrogens is 474 g/mol. The van der Waals surface area contributed by atoms with Crippen LogP contribution in [0.4, 0.5) is 0 Å². The summed E-state index contributed by atoms with van der Waals surface area (Å²) in [5.74, 6) is 0.325. The molecule has 1 atom stereocenters. The molecule has 1 aromatic rings. The number of hydrogen-bond acceptors (Lipinski definition) is 10. The molecule has 3 rings (SSSR count). The second kappa shape index (κ2) is 12.6. The van der Waals surface area contributed by atoms with Crippen molar-refractivity contribution in [3.05, 3.63) is 46.1 Å². The average molecular weight is 506 g/mol. The Hall–Kier alpha value is -3.02. The number of carbonyl (C=O) groups excluding carboxylic acids is 2. The van der Waals surface area contributed by atoms with Gasteiger partial charge in [-0.1, -0.05) is 23.9 Å². The smallest absolute Gasteiger partial charge is 0.338 e. The van der Waals surface area contributed by atoms with E-state index in [1.807, 2.05) is 22.4 Å². The van der Waals surface area contributed by atoms with E-state index in [4.69, 9.17) is 23.7 Å². The van der Waals surface area contributed by atoms with Crippen LogP contribution < -0.4 is 14.8 Å². The number of carbonyl (C=O) groups is 2. The number of ether oxygens (including phenoxy) is 5. The van der Waals surface area contributed by atoms with Crippen LogP contribution in [-0.4, -0.2) is 76.7 Å². The minimum Gasteiger partial charge on any atom is -0.493 e. The number of amides is 1. The minimum atomic E-state index is -0.643. The van der Waals surface area contributed by atoms with Crippen molar-refractivity contribution in [3.8, 4) is 11.5 Å². The lowest BCUT2D eigenvalue weighted by molar-refractivity contribution is -0.141. The van der Waals surface area contributed by atoms with Gasteiger partial charge in [-0.15, -0.1) is 0 Å². The number of nitrogens with zero attached hydrogens (tertiary/aromatic N) is 2. The number of para-hydroxylation sites is 1. The van der Waals surface area contributed by atoms with Crippen molar-refractivity contribution in [2.24, 2.45) is 4.99 Å².